The highest BCUT2D eigenvalue weighted by atomic mass is 16.7. The fraction of sp³-hybridized carbons (Fsp3) is 0.812. The van der Waals surface area contributed by atoms with Crippen molar-refractivity contribution in [3.8, 4) is 0 Å². The summed E-state index contributed by atoms with van der Waals surface area (Å²) in [5, 5.41) is 59.6. The predicted octanol–water partition coefficient (Wildman–Crippen LogP) is -3.57. The molecule has 2 aliphatic rings. The Labute approximate surface area is 166 Å². The lowest BCUT2D eigenvalue weighted by Gasteiger charge is -2.44. The summed E-state index contributed by atoms with van der Waals surface area (Å²) in [5.41, 5.74) is 5.54. The molecule has 0 aromatic heterocycles. The number of carbonyl (C=O) groups is 1. The lowest BCUT2D eigenvalue weighted by molar-refractivity contribution is -0.326. The fourth-order valence-corrected chi connectivity index (χ4v) is 3.00. The Morgan fingerprint density at radius 1 is 1.28 bits per heavy atom. The quantitative estimate of drug-likeness (QED) is 0.175. The molecule has 13 heteroatoms. The lowest BCUT2D eigenvalue weighted by Crippen LogP contribution is -2.63. The van der Waals surface area contributed by atoms with Gasteiger partial charge in [0.25, 0.3) is 5.79 Å². The van der Waals surface area contributed by atoms with Crippen LogP contribution in [0.4, 0.5) is 0 Å². The number of hydrogen-bond donors (Lipinski definition) is 8. The van der Waals surface area contributed by atoms with E-state index in [0.717, 1.165) is 0 Å². The Morgan fingerprint density at radius 2 is 1.93 bits per heavy atom. The Bertz CT molecular complexity index is 553. The van der Waals surface area contributed by atoms with Crippen LogP contribution in [0.25, 0.3) is 0 Å². The number of carboxylic acid groups (broad SMARTS) is 1. The van der Waals surface area contributed by atoms with Crippen LogP contribution in [-0.4, -0.2) is 111 Å². The molecule has 0 aromatic rings. The second-order valence-corrected chi connectivity index (χ2v) is 6.75. The van der Waals surface area contributed by atoms with Crippen LogP contribution in [0, 0.1) is 0 Å². The molecule has 0 bridgehead atoms. The summed E-state index contributed by atoms with van der Waals surface area (Å²) in [6.07, 6.45) is -9.80. The van der Waals surface area contributed by atoms with Crippen molar-refractivity contribution in [2.45, 2.75) is 61.2 Å². The molecule has 170 valence electrons. The normalized spacial score (nSPS) is 41.2. The molecule has 9 atom stereocenters. The second kappa shape index (κ2) is 10.7. The highest BCUT2D eigenvalue weighted by Crippen LogP contribution is 2.33. The van der Waals surface area contributed by atoms with Crippen LogP contribution in [0.3, 0.4) is 0 Å². The van der Waals surface area contributed by atoms with Gasteiger partial charge >= 0.3 is 5.97 Å². The van der Waals surface area contributed by atoms with Gasteiger partial charge in [-0.3, -0.25) is 0 Å². The lowest BCUT2D eigenvalue weighted by atomic mass is 9.92. The molecule has 0 saturated carbocycles. The number of rotatable bonds is 8. The molecule has 2 heterocycles. The number of aliphatic hydroxyl groups excluding tert-OH is 5. The highest BCUT2D eigenvalue weighted by Gasteiger charge is 2.54. The van der Waals surface area contributed by atoms with Crippen LogP contribution < -0.4 is 11.9 Å². The van der Waals surface area contributed by atoms with Crippen LogP contribution in [-0.2, 0) is 23.7 Å². The third-order valence-corrected chi connectivity index (χ3v) is 4.63. The van der Waals surface area contributed by atoms with E-state index in [2.05, 4.69) is 6.58 Å². The van der Waals surface area contributed by atoms with Crippen molar-refractivity contribution in [2.24, 2.45) is 5.73 Å². The molecule has 2 rings (SSSR count). The molecule has 2 aliphatic heterocycles. The fourth-order valence-electron chi connectivity index (χ4n) is 3.00. The van der Waals surface area contributed by atoms with Crippen LogP contribution in [0.5, 0.6) is 0 Å². The van der Waals surface area contributed by atoms with Gasteiger partial charge in [0, 0.05) is 6.42 Å². The molecule has 2 saturated heterocycles. The number of nitrogens with two attached hydrogens (primary N) is 1. The Hall–Kier alpha value is -1.23. The molecule has 11 N–H and O–H groups in total. The first-order valence-corrected chi connectivity index (χ1v) is 8.68. The van der Waals surface area contributed by atoms with E-state index in [4.69, 9.17) is 24.7 Å². The van der Waals surface area contributed by atoms with Gasteiger partial charge in [0.2, 0.25) is 0 Å². The van der Waals surface area contributed by atoms with Gasteiger partial charge in [-0.1, -0.05) is 6.08 Å². The Morgan fingerprint density at radius 3 is 2.52 bits per heavy atom. The van der Waals surface area contributed by atoms with E-state index < -0.39 is 73.7 Å². The largest absolute Gasteiger partial charge is 0.477 e. The van der Waals surface area contributed by atoms with Gasteiger partial charge in [0.1, 0.15) is 30.5 Å². The van der Waals surface area contributed by atoms with Gasteiger partial charge in [-0.15, -0.1) is 6.58 Å². The zero-order valence-electron chi connectivity index (χ0n) is 15.7. The minimum atomic E-state index is -2.30. The second-order valence-electron chi connectivity index (χ2n) is 6.75. The summed E-state index contributed by atoms with van der Waals surface area (Å²) in [6, 6.07) is -0.809. The SMILES string of the molecule is C=CCO[C@]1(C(=O)O)C[C@@H](O)[C@@H](O)[C@@H]([C@H](O)CO[C@H]2OC[C@H](N)[C@H](O)[C@H]2O)O1.N. The molecule has 0 unspecified atom stereocenters. The molecule has 0 aliphatic carbocycles. The minimum absolute atomic E-state index is 0. The van der Waals surface area contributed by atoms with Gasteiger partial charge in [-0.05, 0) is 0 Å². The number of carboxylic acids is 1. The van der Waals surface area contributed by atoms with Gasteiger partial charge < -0.3 is 61.5 Å². The third kappa shape index (κ3) is 5.68. The van der Waals surface area contributed by atoms with E-state index in [1.54, 1.807) is 0 Å². The molecular weight excluding hydrogens is 396 g/mol. The van der Waals surface area contributed by atoms with Gasteiger partial charge in [-0.25, -0.2) is 4.79 Å². The van der Waals surface area contributed by atoms with Crippen LogP contribution in [0.1, 0.15) is 6.42 Å². The summed E-state index contributed by atoms with van der Waals surface area (Å²) in [4.78, 5) is 11.6. The van der Waals surface area contributed by atoms with E-state index in [9.17, 15) is 35.4 Å². The van der Waals surface area contributed by atoms with Gasteiger partial charge in [0.05, 0.1) is 32.0 Å². The third-order valence-electron chi connectivity index (χ3n) is 4.63. The summed E-state index contributed by atoms with van der Waals surface area (Å²) < 4.78 is 20.8. The first-order chi connectivity index (χ1) is 13.1. The topological polar surface area (TPSA) is 236 Å². The number of aliphatic carboxylic acids is 1. The molecule has 0 spiro atoms. The molecule has 29 heavy (non-hydrogen) atoms. The Kier molecular flexibility index (Phi) is 9.52. The number of ether oxygens (including phenoxy) is 4. The number of hydrogen-bond acceptors (Lipinski definition) is 12. The maximum atomic E-state index is 11.6. The summed E-state index contributed by atoms with van der Waals surface area (Å²) in [6.45, 7) is 2.51. The molecule has 0 radical (unpaired) electrons. The zero-order valence-corrected chi connectivity index (χ0v) is 15.7. The van der Waals surface area contributed by atoms with Gasteiger partial charge in [0.15, 0.2) is 6.29 Å². The summed E-state index contributed by atoms with van der Waals surface area (Å²) in [5.74, 6) is -3.86. The molecule has 0 aromatic carbocycles. The molecule has 2 fully saturated rings. The summed E-state index contributed by atoms with van der Waals surface area (Å²) >= 11 is 0. The van der Waals surface area contributed by atoms with E-state index in [1.807, 2.05) is 0 Å². The van der Waals surface area contributed by atoms with Crippen molar-refractivity contribution in [1.82, 2.24) is 6.15 Å². The average Bonchev–Trinajstić information content (AvgIpc) is 2.66. The van der Waals surface area contributed by atoms with Crippen LogP contribution in [0.15, 0.2) is 12.7 Å². The summed E-state index contributed by atoms with van der Waals surface area (Å²) in [7, 11) is 0. The smallest absolute Gasteiger partial charge is 0.364 e. The first kappa shape index (κ1) is 25.8. The van der Waals surface area contributed by atoms with E-state index in [1.165, 1.54) is 6.08 Å². The van der Waals surface area contributed by atoms with E-state index in [0.29, 0.717) is 0 Å². The monoisotopic (exact) mass is 426 g/mol. The standard InChI is InChI=1S/C16H27NO11.H3N/c1-2-3-27-16(15(23)24)4-8(18)11(21)13(28-16)9(19)6-26-14-12(22)10(20)7(17)5-25-14;/h2,7-14,18-22H,1,3-6,17H2,(H,23,24);1H3/t7-,8+,9+,10-,11+,12+,13+,14+,16+;/m0./s1. The number of aliphatic hydroxyl groups is 5. The van der Waals surface area contributed by atoms with Crippen molar-refractivity contribution >= 4 is 5.97 Å². The van der Waals surface area contributed by atoms with Crippen molar-refractivity contribution in [2.75, 3.05) is 19.8 Å². The highest BCUT2D eigenvalue weighted by molar-refractivity contribution is 5.76. The Balaban J connectivity index is 0.00000420. The minimum Gasteiger partial charge on any atom is -0.477 e. The van der Waals surface area contributed by atoms with Crippen LogP contribution in [0.2, 0.25) is 0 Å². The maximum absolute atomic E-state index is 11.6. The van der Waals surface area contributed by atoms with Crippen molar-refractivity contribution in [1.29, 1.82) is 0 Å². The molecule has 0 amide bonds. The van der Waals surface area contributed by atoms with Crippen molar-refractivity contribution in [3.63, 3.8) is 0 Å². The van der Waals surface area contributed by atoms with Crippen molar-refractivity contribution in [3.05, 3.63) is 12.7 Å². The molecule has 13 nitrogen and oxygen atoms in total. The van der Waals surface area contributed by atoms with Crippen molar-refractivity contribution < 1.29 is 54.4 Å². The van der Waals surface area contributed by atoms with E-state index >= 15 is 0 Å². The maximum Gasteiger partial charge on any atom is 0.364 e. The molecular formula is C16H30N2O11. The zero-order chi connectivity index (χ0) is 21.1. The average molecular weight is 426 g/mol. The predicted molar refractivity (Wildman–Crippen MR) is 94.7 cm³/mol. The van der Waals surface area contributed by atoms with Gasteiger partial charge in [-0.2, -0.15) is 0 Å². The van der Waals surface area contributed by atoms with E-state index in [-0.39, 0.29) is 19.4 Å². The first-order valence-electron chi connectivity index (χ1n) is 8.68. The van der Waals surface area contributed by atoms with Crippen LogP contribution >= 0.6 is 0 Å².